The zero-order valence-electron chi connectivity index (χ0n) is 19.9. The molecule has 2 amide bonds. The maximum Gasteiger partial charge on any atom is 0.522 e. The number of pyridine rings is 1. The summed E-state index contributed by atoms with van der Waals surface area (Å²) in [6.07, 6.45) is 4.49. The molecule has 10 nitrogen and oxygen atoms in total. The van der Waals surface area contributed by atoms with Crippen molar-refractivity contribution in [2.45, 2.75) is 13.0 Å². The van der Waals surface area contributed by atoms with E-state index in [-0.39, 0.29) is 13.2 Å². The fraction of sp³-hybridized carbons (Fsp3) is 0.320. The molecule has 0 aliphatic carbocycles. The van der Waals surface area contributed by atoms with E-state index in [0.29, 0.717) is 16.8 Å². The number of nitrogens with two attached hydrogens (primary N) is 1. The molecule has 5 rings (SSSR count). The van der Waals surface area contributed by atoms with Crippen molar-refractivity contribution in [2.24, 2.45) is 5.73 Å². The number of primary amides is 1. The summed E-state index contributed by atoms with van der Waals surface area (Å²) in [7, 11) is 0. The molecule has 0 radical (unpaired) electrons. The summed E-state index contributed by atoms with van der Waals surface area (Å²) in [4.78, 5) is 42.0. The second kappa shape index (κ2) is 9.50. The highest BCUT2D eigenvalue weighted by molar-refractivity contribution is 5.93. The van der Waals surface area contributed by atoms with Gasteiger partial charge in [0.1, 0.15) is 30.5 Å². The number of quaternary nitrogens is 1. The highest BCUT2D eigenvalue weighted by atomic mass is 19.1. The molecule has 2 aliphatic rings. The summed E-state index contributed by atoms with van der Waals surface area (Å²) in [6, 6.07) is 9.12. The Kier molecular flexibility index (Phi) is 6.23. The summed E-state index contributed by atoms with van der Waals surface area (Å²) in [5.74, 6) is 0.350. The average Bonchev–Trinajstić information content (AvgIpc) is 3.30. The molecule has 36 heavy (non-hydrogen) atoms. The number of benzene rings is 1. The van der Waals surface area contributed by atoms with Crippen LogP contribution in [-0.2, 0) is 9.53 Å². The molecule has 2 aliphatic heterocycles. The average molecular weight is 493 g/mol. The highest BCUT2D eigenvalue weighted by Crippen LogP contribution is 2.35. The van der Waals surface area contributed by atoms with Gasteiger partial charge in [0.25, 0.3) is 5.91 Å². The van der Waals surface area contributed by atoms with Gasteiger partial charge in [-0.05, 0) is 31.2 Å². The van der Waals surface area contributed by atoms with E-state index in [1.165, 1.54) is 6.07 Å². The summed E-state index contributed by atoms with van der Waals surface area (Å²) in [6.45, 7) is 4.98. The molecular weight excluding hydrogens is 465 g/mol. The van der Waals surface area contributed by atoms with Crippen molar-refractivity contribution in [2.75, 3.05) is 49.1 Å². The smallest absolute Gasteiger partial charge is 0.414 e. The van der Waals surface area contributed by atoms with Gasteiger partial charge in [0.15, 0.2) is 6.04 Å². The molecule has 0 saturated carbocycles. The molecule has 186 valence electrons. The minimum Gasteiger partial charge on any atom is -0.414 e. The number of nitrogens with zero attached hydrogens (tertiary/aromatic N) is 6. The van der Waals surface area contributed by atoms with Crippen molar-refractivity contribution in [1.82, 2.24) is 19.4 Å². The van der Waals surface area contributed by atoms with Crippen LogP contribution in [0.4, 0.5) is 26.6 Å². The van der Waals surface area contributed by atoms with Crippen molar-refractivity contribution < 1.29 is 18.7 Å². The quantitative estimate of drug-likeness (QED) is 0.522. The van der Waals surface area contributed by atoms with Crippen molar-refractivity contribution in [1.29, 1.82) is 0 Å². The van der Waals surface area contributed by atoms with Crippen LogP contribution in [0.1, 0.15) is 6.92 Å². The molecule has 2 atom stereocenters. The standard InChI is InChI=1S/C25H26FN7O3/c1-17(23(27)34)33(13-14-36-25(33)35)19-4-5-20(21(26)15-19)18-3-6-22(30-16-18)31-9-11-32(12-10-31)24-28-7-2-8-29-24/h2-8,15-17H,9-14H2,1H3,(H-,27,34)/p+1. The molecule has 2 unspecified atom stereocenters. The third-order valence-electron chi connectivity index (χ3n) is 6.98. The molecule has 0 bridgehead atoms. The number of carbonyl (C=O) groups is 2. The molecule has 3 aromatic rings. The van der Waals surface area contributed by atoms with E-state index < -0.39 is 28.3 Å². The minimum absolute atomic E-state index is 0.137. The molecular formula is C25H27FN7O3+. The second-order valence-corrected chi connectivity index (χ2v) is 8.88. The van der Waals surface area contributed by atoms with Gasteiger partial charge < -0.3 is 20.3 Å². The van der Waals surface area contributed by atoms with Crippen LogP contribution in [0.3, 0.4) is 0 Å². The predicted molar refractivity (Wildman–Crippen MR) is 133 cm³/mol. The lowest BCUT2D eigenvalue weighted by atomic mass is 10.0. The Morgan fingerprint density at radius 1 is 1.08 bits per heavy atom. The number of ether oxygens (including phenoxy) is 1. The van der Waals surface area contributed by atoms with E-state index in [0.717, 1.165) is 37.9 Å². The zero-order chi connectivity index (χ0) is 25.3. The Labute approximate surface area is 207 Å². The number of piperazine rings is 1. The largest absolute Gasteiger partial charge is 0.522 e. The van der Waals surface area contributed by atoms with Gasteiger partial charge in [-0.2, -0.15) is 9.28 Å². The molecule has 4 heterocycles. The van der Waals surface area contributed by atoms with E-state index in [2.05, 4.69) is 24.8 Å². The first-order valence-electron chi connectivity index (χ1n) is 11.8. The summed E-state index contributed by atoms with van der Waals surface area (Å²) in [5.41, 5.74) is 6.78. The van der Waals surface area contributed by atoms with Gasteiger partial charge in [-0.25, -0.2) is 19.3 Å². The van der Waals surface area contributed by atoms with Gasteiger partial charge in [-0.1, -0.05) is 0 Å². The monoisotopic (exact) mass is 492 g/mol. The SMILES string of the molecule is CC(C(N)=O)[N+]1(c2ccc(-c3ccc(N4CCN(c5ncccn5)CC4)nc3)c(F)c2)CCOC1=O. The van der Waals surface area contributed by atoms with Crippen molar-refractivity contribution in [3.63, 3.8) is 0 Å². The fourth-order valence-corrected chi connectivity index (χ4v) is 4.82. The van der Waals surface area contributed by atoms with Gasteiger partial charge in [0, 0.05) is 68.0 Å². The maximum atomic E-state index is 15.3. The number of amides is 2. The van der Waals surface area contributed by atoms with Crippen LogP contribution in [-0.4, -0.2) is 72.3 Å². The second-order valence-electron chi connectivity index (χ2n) is 8.88. The third-order valence-corrected chi connectivity index (χ3v) is 6.98. The molecule has 1 aromatic carbocycles. The minimum atomic E-state index is -0.889. The topological polar surface area (TPSA) is 115 Å². The molecule has 2 fully saturated rings. The number of hydrogen-bond donors (Lipinski definition) is 1. The summed E-state index contributed by atoms with van der Waals surface area (Å²) < 4.78 is 20.0. The summed E-state index contributed by atoms with van der Waals surface area (Å²) in [5, 5.41) is 0. The van der Waals surface area contributed by atoms with Crippen LogP contribution in [0.25, 0.3) is 11.1 Å². The lowest BCUT2D eigenvalue weighted by Crippen LogP contribution is -2.61. The highest BCUT2D eigenvalue weighted by Gasteiger charge is 2.53. The van der Waals surface area contributed by atoms with Crippen molar-refractivity contribution in [3.8, 4) is 11.1 Å². The first kappa shape index (κ1) is 23.6. The van der Waals surface area contributed by atoms with Crippen LogP contribution in [0.15, 0.2) is 55.0 Å². The van der Waals surface area contributed by atoms with Crippen molar-refractivity contribution >= 4 is 29.5 Å². The van der Waals surface area contributed by atoms with Crippen molar-refractivity contribution in [3.05, 3.63) is 60.8 Å². The predicted octanol–water partition coefficient (Wildman–Crippen LogP) is 2.34. The molecule has 2 saturated heterocycles. The number of cyclic esters (lactones) is 1. The molecule has 0 spiro atoms. The van der Waals surface area contributed by atoms with Gasteiger partial charge >= 0.3 is 6.09 Å². The number of hydrogen-bond acceptors (Lipinski definition) is 8. The zero-order valence-corrected chi connectivity index (χ0v) is 19.9. The normalized spacial score (nSPS) is 20.8. The van der Waals surface area contributed by atoms with E-state index in [9.17, 15) is 9.59 Å². The molecule has 2 N–H and O–H groups in total. The van der Waals surface area contributed by atoms with Crippen LogP contribution in [0.5, 0.6) is 0 Å². The Hall–Kier alpha value is -4.12. The number of rotatable bonds is 6. The number of carbonyl (C=O) groups excluding carboxylic acids is 2. The lowest BCUT2D eigenvalue weighted by molar-refractivity contribution is -0.121. The number of aromatic nitrogens is 3. The van der Waals surface area contributed by atoms with Gasteiger partial charge in [0.2, 0.25) is 5.95 Å². The van der Waals surface area contributed by atoms with E-state index >= 15 is 4.39 Å². The molecule has 2 aromatic heterocycles. The van der Waals surface area contributed by atoms with E-state index in [1.54, 1.807) is 43.7 Å². The van der Waals surface area contributed by atoms with E-state index in [4.69, 9.17) is 10.5 Å². The van der Waals surface area contributed by atoms with Crippen LogP contribution >= 0.6 is 0 Å². The lowest BCUT2D eigenvalue weighted by Gasteiger charge is -2.35. The van der Waals surface area contributed by atoms with Gasteiger partial charge in [-0.3, -0.25) is 4.79 Å². The Morgan fingerprint density at radius 2 is 1.81 bits per heavy atom. The Morgan fingerprint density at radius 3 is 2.39 bits per heavy atom. The van der Waals surface area contributed by atoms with Crippen LogP contribution in [0.2, 0.25) is 0 Å². The van der Waals surface area contributed by atoms with Gasteiger partial charge in [-0.15, -0.1) is 0 Å². The first-order valence-corrected chi connectivity index (χ1v) is 11.8. The number of halogens is 1. The van der Waals surface area contributed by atoms with Gasteiger partial charge in [0.05, 0.1) is 0 Å². The van der Waals surface area contributed by atoms with E-state index in [1.807, 2.05) is 12.1 Å². The van der Waals surface area contributed by atoms with Crippen LogP contribution in [0, 0.1) is 5.82 Å². The Bertz CT molecular complexity index is 1270. The Balaban J connectivity index is 1.33. The first-order chi connectivity index (χ1) is 17.4. The summed E-state index contributed by atoms with van der Waals surface area (Å²) >= 11 is 0. The third kappa shape index (κ3) is 4.11. The molecule has 11 heteroatoms. The number of anilines is 2. The maximum absolute atomic E-state index is 15.3. The fourth-order valence-electron chi connectivity index (χ4n) is 4.82. The van der Waals surface area contributed by atoms with Crippen LogP contribution < -0.4 is 20.0 Å².